The zero-order valence-electron chi connectivity index (χ0n) is 11.7. The lowest BCUT2D eigenvalue weighted by Gasteiger charge is -2.31. The van der Waals surface area contributed by atoms with Gasteiger partial charge in [-0.3, -0.25) is 4.98 Å². The van der Waals surface area contributed by atoms with Crippen molar-refractivity contribution in [2.75, 3.05) is 6.54 Å². The maximum atomic E-state index is 13.0. The number of sulfonamides is 1. The Hall–Kier alpha value is -1.05. The van der Waals surface area contributed by atoms with Crippen LogP contribution in [0.3, 0.4) is 0 Å². The third-order valence-electron chi connectivity index (χ3n) is 4.55. The fourth-order valence-corrected chi connectivity index (χ4v) is 5.69. The van der Waals surface area contributed by atoms with Crippen molar-refractivity contribution in [3.63, 3.8) is 0 Å². The molecule has 1 saturated carbocycles. The summed E-state index contributed by atoms with van der Waals surface area (Å²) in [5, 5.41) is 0. The van der Waals surface area contributed by atoms with E-state index >= 15 is 0 Å². The lowest BCUT2D eigenvalue weighted by atomic mass is 9.86. The first-order valence-corrected chi connectivity index (χ1v) is 9.13. The predicted molar refractivity (Wildman–Crippen MR) is 84.4 cm³/mol. The van der Waals surface area contributed by atoms with Gasteiger partial charge in [0.25, 0.3) is 0 Å². The largest absolute Gasteiger partial charge is 0.388 e. The van der Waals surface area contributed by atoms with Gasteiger partial charge in [0.15, 0.2) is 0 Å². The van der Waals surface area contributed by atoms with Crippen LogP contribution in [0.1, 0.15) is 37.8 Å². The van der Waals surface area contributed by atoms with Crippen LogP contribution in [0.5, 0.6) is 0 Å². The molecular formula is C14H19N3O2S2. The summed E-state index contributed by atoms with van der Waals surface area (Å²) in [4.78, 5) is 4.21. The topological polar surface area (TPSA) is 76.3 Å². The first kappa shape index (κ1) is 14.9. The van der Waals surface area contributed by atoms with Crippen LogP contribution in [-0.4, -0.2) is 35.3 Å². The van der Waals surface area contributed by atoms with Gasteiger partial charge in [-0.25, -0.2) is 8.42 Å². The lowest BCUT2D eigenvalue weighted by molar-refractivity contribution is 0.260. The van der Waals surface area contributed by atoms with Gasteiger partial charge in [0.1, 0.15) is 15.6 Å². The molecule has 1 aliphatic carbocycles. The lowest BCUT2D eigenvalue weighted by Crippen LogP contribution is -2.40. The van der Waals surface area contributed by atoms with Crippen LogP contribution in [-0.2, 0) is 10.0 Å². The van der Waals surface area contributed by atoms with Crippen LogP contribution in [0.4, 0.5) is 0 Å². The van der Waals surface area contributed by atoms with E-state index in [0.29, 0.717) is 12.5 Å². The monoisotopic (exact) mass is 325 g/mol. The van der Waals surface area contributed by atoms with E-state index in [0.717, 1.165) is 25.7 Å². The molecule has 0 bridgehead atoms. The van der Waals surface area contributed by atoms with E-state index in [-0.39, 0.29) is 21.6 Å². The van der Waals surface area contributed by atoms with Crippen molar-refractivity contribution >= 4 is 27.2 Å². The summed E-state index contributed by atoms with van der Waals surface area (Å²) >= 11 is 4.94. The SMILES string of the molecule is NC(=S)c1ncccc1S(=O)(=O)N1CCC2CCCCC21. The Kier molecular flexibility index (Phi) is 3.98. The molecule has 21 heavy (non-hydrogen) atoms. The molecule has 1 aromatic heterocycles. The molecule has 1 aromatic rings. The zero-order valence-corrected chi connectivity index (χ0v) is 13.4. The number of nitrogens with two attached hydrogens (primary N) is 1. The first-order valence-electron chi connectivity index (χ1n) is 7.28. The van der Waals surface area contributed by atoms with E-state index in [9.17, 15) is 8.42 Å². The molecule has 0 spiro atoms. The number of pyridine rings is 1. The van der Waals surface area contributed by atoms with Crippen molar-refractivity contribution in [2.24, 2.45) is 11.7 Å². The summed E-state index contributed by atoms with van der Waals surface area (Å²) in [5.74, 6) is 0.499. The van der Waals surface area contributed by atoms with E-state index in [1.165, 1.54) is 12.6 Å². The van der Waals surface area contributed by atoms with Gasteiger partial charge >= 0.3 is 0 Å². The van der Waals surface area contributed by atoms with Gasteiger partial charge in [-0.1, -0.05) is 25.1 Å². The summed E-state index contributed by atoms with van der Waals surface area (Å²) in [6, 6.07) is 3.29. The fourth-order valence-electron chi connectivity index (χ4n) is 3.57. The molecular weight excluding hydrogens is 306 g/mol. The molecule has 1 saturated heterocycles. The van der Waals surface area contributed by atoms with Gasteiger partial charge in [0, 0.05) is 18.8 Å². The van der Waals surface area contributed by atoms with Crippen molar-refractivity contribution in [3.05, 3.63) is 24.0 Å². The Morgan fingerprint density at radius 3 is 2.86 bits per heavy atom. The second-order valence-electron chi connectivity index (χ2n) is 5.73. The Morgan fingerprint density at radius 1 is 1.33 bits per heavy atom. The highest BCUT2D eigenvalue weighted by molar-refractivity contribution is 7.89. The summed E-state index contributed by atoms with van der Waals surface area (Å²) in [5.41, 5.74) is 5.83. The number of nitrogens with zero attached hydrogens (tertiary/aromatic N) is 2. The molecule has 5 nitrogen and oxygen atoms in total. The number of hydrogen-bond acceptors (Lipinski definition) is 4. The van der Waals surface area contributed by atoms with Crippen molar-refractivity contribution in [2.45, 2.75) is 43.0 Å². The number of rotatable bonds is 3. The predicted octanol–water partition coefficient (Wildman–Crippen LogP) is 1.67. The average molecular weight is 325 g/mol. The third-order valence-corrected chi connectivity index (χ3v) is 6.70. The second kappa shape index (κ2) is 5.62. The number of aromatic nitrogens is 1. The summed E-state index contributed by atoms with van der Waals surface area (Å²) < 4.78 is 27.6. The van der Waals surface area contributed by atoms with Crippen molar-refractivity contribution in [1.29, 1.82) is 0 Å². The zero-order chi connectivity index (χ0) is 15.0. The Bertz CT molecular complexity index is 660. The van der Waals surface area contributed by atoms with Crippen LogP contribution in [0.15, 0.2) is 23.2 Å². The Morgan fingerprint density at radius 2 is 2.10 bits per heavy atom. The quantitative estimate of drug-likeness (QED) is 0.856. The van der Waals surface area contributed by atoms with Gasteiger partial charge in [-0.05, 0) is 37.3 Å². The molecule has 2 heterocycles. The molecule has 7 heteroatoms. The van der Waals surface area contributed by atoms with Crippen LogP contribution >= 0.6 is 12.2 Å². The standard InChI is InChI=1S/C14H19N3O2S2/c15-14(20)13-12(6-3-8-16-13)21(18,19)17-9-7-10-4-1-2-5-11(10)17/h3,6,8,10-11H,1-2,4-5,7,9H2,(H2,15,20). The maximum absolute atomic E-state index is 13.0. The van der Waals surface area contributed by atoms with Crippen molar-refractivity contribution < 1.29 is 8.42 Å². The number of fused-ring (bicyclic) bond motifs is 1. The van der Waals surface area contributed by atoms with Gasteiger partial charge < -0.3 is 5.73 Å². The molecule has 0 aromatic carbocycles. The summed E-state index contributed by atoms with van der Waals surface area (Å²) in [6.45, 7) is 0.587. The maximum Gasteiger partial charge on any atom is 0.245 e. The van der Waals surface area contributed by atoms with Gasteiger partial charge in [-0.2, -0.15) is 4.31 Å². The minimum absolute atomic E-state index is 0.0218. The molecule has 0 amide bonds. The highest BCUT2D eigenvalue weighted by atomic mass is 32.2. The van der Waals surface area contributed by atoms with Gasteiger partial charge in [0.05, 0.1) is 0 Å². The molecule has 2 aliphatic rings. The third kappa shape index (κ3) is 2.58. The Labute approximate surface area is 130 Å². The van der Waals surface area contributed by atoms with Gasteiger partial charge in [0.2, 0.25) is 10.0 Å². The molecule has 2 fully saturated rings. The minimum Gasteiger partial charge on any atom is -0.388 e. The summed E-state index contributed by atoms with van der Waals surface area (Å²) in [6.07, 6.45) is 6.86. The number of hydrogen-bond donors (Lipinski definition) is 1. The van der Waals surface area contributed by atoms with Crippen LogP contribution < -0.4 is 5.73 Å². The molecule has 114 valence electrons. The van der Waals surface area contributed by atoms with Gasteiger partial charge in [-0.15, -0.1) is 0 Å². The molecule has 2 N–H and O–H groups in total. The highest BCUT2D eigenvalue weighted by Crippen LogP contribution is 2.39. The van der Waals surface area contributed by atoms with Crippen LogP contribution in [0, 0.1) is 5.92 Å². The van der Waals surface area contributed by atoms with Crippen molar-refractivity contribution in [1.82, 2.24) is 9.29 Å². The summed E-state index contributed by atoms with van der Waals surface area (Å²) in [7, 11) is -3.58. The minimum atomic E-state index is -3.58. The highest BCUT2D eigenvalue weighted by Gasteiger charge is 2.43. The van der Waals surface area contributed by atoms with Crippen LogP contribution in [0.2, 0.25) is 0 Å². The first-order chi connectivity index (χ1) is 10.0. The molecule has 1 aliphatic heterocycles. The van der Waals surface area contributed by atoms with E-state index < -0.39 is 10.0 Å². The average Bonchev–Trinajstić information content (AvgIpc) is 2.92. The molecule has 2 unspecified atom stereocenters. The normalized spacial score (nSPS) is 26.5. The Balaban J connectivity index is 2.00. The van der Waals surface area contributed by atoms with E-state index in [2.05, 4.69) is 4.98 Å². The molecule has 0 radical (unpaired) electrons. The smallest absolute Gasteiger partial charge is 0.245 e. The molecule has 2 atom stereocenters. The van der Waals surface area contributed by atoms with Crippen molar-refractivity contribution in [3.8, 4) is 0 Å². The van der Waals surface area contributed by atoms with E-state index in [1.807, 2.05) is 0 Å². The second-order valence-corrected chi connectivity index (χ2v) is 8.03. The molecule has 3 rings (SSSR count). The fraction of sp³-hybridized carbons (Fsp3) is 0.571. The van der Waals surface area contributed by atoms with E-state index in [4.69, 9.17) is 18.0 Å². The van der Waals surface area contributed by atoms with Crippen LogP contribution in [0.25, 0.3) is 0 Å². The number of thiocarbonyl (C=S) groups is 1. The van der Waals surface area contributed by atoms with E-state index in [1.54, 1.807) is 16.4 Å².